The van der Waals surface area contributed by atoms with Gasteiger partial charge in [0.25, 0.3) is 0 Å². The highest BCUT2D eigenvalue weighted by Gasteiger charge is 2.60. The van der Waals surface area contributed by atoms with Crippen LogP contribution in [0.15, 0.2) is 24.3 Å². The van der Waals surface area contributed by atoms with Crippen molar-refractivity contribution in [2.75, 3.05) is 13.1 Å². The number of hydrogen-bond donors (Lipinski definition) is 1. The van der Waals surface area contributed by atoms with E-state index in [2.05, 4.69) is 50.4 Å². The maximum Gasteiger partial charge on any atom is 0.123 e. The van der Waals surface area contributed by atoms with Gasteiger partial charge in [-0.05, 0) is 51.8 Å². The lowest BCUT2D eigenvalue weighted by atomic mass is 9.80. The summed E-state index contributed by atoms with van der Waals surface area (Å²) in [6.45, 7) is 8.81. The van der Waals surface area contributed by atoms with Crippen LogP contribution in [0.4, 0.5) is 0 Å². The first kappa shape index (κ1) is 12.0. The van der Waals surface area contributed by atoms with E-state index in [9.17, 15) is 0 Å². The second kappa shape index (κ2) is 3.99. The average molecular weight is 245 g/mol. The highest BCUT2D eigenvalue weighted by molar-refractivity contribution is 5.47. The molecule has 0 radical (unpaired) electrons. The molecule has 0 amide bonds. The van der Waals surface area contributed by atoms with Crippen molar-refractivity contribution in [2.45, 2.75) is 44.6 Å². The maximum atomic E-state index is 6.13. The molecule has 3 rings (SSSR count). The first-order chi connectivity index (χ1) is 8.57. The lowest BCUT2D eigenvalue weighted by Gasteiger charge is -2.39. The zero-order chi connectivity index (χ0) is 12.8. The van der Waals surface area contributed by atoms with Crippen LogP contribution < -0.4 is 10.1 Å². The molecule has 1 fully saturated rings. The monoisotopic (exact) mass is 245 g/mol. The Morgan fingerprint density at radius 2 is 2.11 bits per heavy atom. The SMILES string of the molecule is CCNCC1CC12CC(C)(C)Oc1ccccc12. The van der Waals surface area contributed by atoms with Gasteiger partial charge >= 0.3 is 0 Å². The van der Waals surface area contributed by atoms with Crippen molar-refractivity contribution in [1.82, 2.24) is 5.32 Å². The van der Waals surface area contributed by atoms with E-state index in [1.165, 1.54) is 12.0 Å². The summed E-state index contributed by atoms with van der Waals surface area (Å²) in [4.78, 5) is 0. The van der Waals surface area contributed by atoms with Crippen molar-refractivity contribution >= 4 is 0 Å². The zero-order valence-corrected chi connectivity index (χ0v) is 11.6. The molecule has 2 heteroatoms. The molecule has 0 aromatic heterocycles. The summed E-state index contributed by atoms with van der Waals surface area (Å²) in [5, 5.41) is 3.50. The lowest BCUT2D eigenvalue weighted by molar-refractivity contribution is 0.0638. The molecule has 1 saturated carbocycles. The van der Waals surface area contributed by atoms with Crippen molar-refractivity contribution in [2.24, 2.45) is 5.92 Å². The molecule has 1 aliphatic carbocycles. The molecule has 1 aromatic carbocycles. The Labute approximate surface area is 110 Å². The summed E-state index contributed by atoms with van der Waals surface area (Å²) < 4.78 is 6.13. The smallest absolute Gasteiger partial charge is 0.123 e. The number of nitrogens with one attached hydrogen (secondary N) is 1. The van der Waals surface area contributed by atoms with Gasteiger partial charge in [0, 0.05) is 11.0 Å². The van der Waals surface area contributed by atoms with E-state index in [4.69, 9.17) is 4.74 Å². The van der Waals surface area contributed by atoms with Gasteiger partial charge < -0.3 is 10.1 Å². The molecule has 2 unspecified atom stereocenters. The van der Waals surface area contributed by atoms with E-state index in [0.717, 1.165) is 31.2 Å². The average Bonchev–Trinajstić information content (AvgIpc) is 2.98. The Morgan fingerprint density at radius 1 is 1.33 bits per heavy atom. The van der Waals surface area contributed by atoms with Gasteiger partial charge in [0.2, 0.25) is 0 Å². The number of para-hydroxylation sites is 1. The van der Waals surface area contributed by atoms with Gasteiger partial charge in [0.1, 0.15) is 11.4 Å². The fraction of sp³-hybridized carbons (Fsp3) is 0.625. The van der Waals surface area contributed by atoms with Crippen LogP contribution in [0.5, 0.6) is 5.75 Å². The van der Waals surface area contributed by atoms with Gasteiger partial charge in [-0.25, -0.2) is 0 Å². The molecule has 1 aliphatic heterocycles. The van der Waals surface area contributed by atoms with E-state index in [0.29, 0.717) is 5.41 Å². The Balaban J connectivity index is 1.92. The predicted octanol–water partition coefficient (Wildman–Crippen LogP) is 3.11. The molecule has 2 aliphatic rings. The summed E-state index contributed by atoms with van der Waals surface area (Å²) in [7, 11) is 0. The Kier molecular flexibility index (Phi) is 2.67. The van der Waals surface area contributed by atoms with Gasteiger partial charge in [-0.15, -0.1) is 0 Å². The molecule has 1 spiro atoms. The van der Waals surface area contributed by atoms with E-state index in [-0.39, 0.29) is 5.60 Å². The molecule has 1 heterocycles. The minimum Gasteiger partial charge on any atom is -0.488 e. The van der Waals surface area contributed by atoms with Crippen LogP contribution in [0.1, 0.15) is 39.2 Å². The second-order valence-electron chi connectivity index (χ2n) is 6.40. The molecule has 0 bridgehead atoms. The summed E-state index contributed by atoms with van der Waals surface area (Å²) in [6.07, 6.45) is 2.46. The maximum absolute atomic E-state index is 6.13. The van der Waals surface area contributed by atoms with E-state index < -0.39 is 0 Å². The summed E-state index contributed by atoms with van der Waals surface area (Å²) in [6, 6.07) is 8.61. The third-order valence-corrected chi connectivity index (χ3v) is 4.42. The standard InChI is InChI=1S/C16H23NO/c1-4-17-10-12-9-16(12)11-15(2,3)18-14-8-6-5-7-13(14)16/h5-8,12,17H,4,9-11H2,1-3H3. The number of ether oxygens (including phenoxy) is 1. The van der Waals surface area contributed by atoms with Crippen LogP contribution in [0, 0.1) is 5.92 Å². The van der Waals surface area contributed by atoms with Gasteiger partial charge in [-0.1, -0.05) is 25.1 Å². The molecule has 0 saturated heterocycles. The first-order valence-electron chi connectivity index (χ1n) is 7.07. The quantitative estimate of drug-likeness (QED) is 0.883. The predicted molar refractivity (Wildman–Crippen MR) is 74.1 cm³/mol. The summed E-state index contributed by atoms with van der Waals surface area (Å²) in [5.74, 6) is 1.88. The van der Waals surface area contributed by atoms with E-state index in [1.54, 1.807) is 0 Å². The van der Waals surface area contributed by atoms with Crippen LogP contribution in [-0.4, -0.2) is 18.7 Å². The van der Waals surface area contributed by atoms with E-state index >= 15 is 0 Å². The van der Waals surface area contributed by atoms with Crippen molar-refractivity contribution < 1.29 is 4.74 Å². The molecule has 1 N–H and O–H groups in total. The van der Waals surface area contributed by atoms with Crippen molar-refractivity contribution in [3.05, 3.63) is 29.8 Å². The zero-order valence-electron chi connectivity index (χ0n) is 11.6. The number of benzene rings is 1. The molecular weight excluding hydrogens is 222 g/mol. The van der Waals surface area contributed by atoms with Gasteiger partial charge in [-0.3, -0.25) is 0 Å². The number of fused-ring (bicyclic) bond motifs is 2. The Hall–Kier alpha value is -1.02. The third kappa shape index (κ3) is 1.83. The van der Waals surface area contributed by atoms with Crippen LogP contribution in [-0.2, 0) is 5.41 Å². The van der Waals surface area contributed by atoms with Gasteiger partial charge in [0.15, 0.2) is 0 Å². The molecule has 98 valence electrons. The fourth-order valence-electron chi connectivity index (χ4n) is 3.67. The Morgan fingerprint density at radius 3 is 2.89 bits per heavy atom. The van der Waals surface area contributed by atoms with E-state index in [1.807, 2.05) is 0 Å². The molecule has 1 aromatic rings. The highest BCUT2D eigenvalue weighted by Crippen LogP contribution is 2.63. The third-order valence-electron chi connectivity index (χ3n) is 4.42. The van der Waals surface area contributed by atoms with Gasteiger partial charge in [0.05, 0.1) is 0 Å². The summed E-state index contributed by atoms with van der Waals surface area (Å²) >= 11 is 0. The lowest BCUT2D eigenvalue weighted by Crippen LogP contribution is -2.39. The van der Waals surface area contributed by atoms with Crippen LogP contribution in [0.3, 0.4) is 0 Å². The van der Waals surface area contributed by atoms with Crippen LogP contribution >= 0.6 is 0 Å². The molecule has 18 heavy (non-hydrogen) atoms. The fourth-order valence-corrected chi connectivity index (χ4v) is 3.67. The largest absolute Gasteiger partial charge is 0.488 e. The van der Waals surface area contributed by atoms with Gasteiger partial charge in [-0.2, -0.15) is 0 Å². The Bertz CT molecular complexity index is 454. The number of rotatable bonds is 3. The summed E-state index contributed by atoms with van der Waals surface area (Å²) in [5.41, 5.74) is 1.78. The first-order valence-corrected chi connectivity index (χ1v) is 7.07. The van der Waals surface area contributed by atoms with Crippen molar-refractivity contribution in [1.29, 1.82) is 0 Å². The normalized spacial score (nSPS) is 31.8. The minimum absolute atomic E-state index is 0.0324. The molecule has 2 atom stereocenters. The van der Waals surface area contributed by atoms with Crippen LogP contribution in [0.2, 0.25) is 0 Å². The number of hydrogen-bond acceptors (Lipinski definition) is 2. The second-order valence-corrected chi connectivity index (χ2v) is 6.40. The molecular formula is C16H23NO. The van der Waals surface area contributed by atoms with Crippen LogP contribution in [0.25, 0.3) is 0 Å². The van der Waals surface area contributed by atoms with Crippen molar-refractivity contribution in [3.8, 4) is 5.75 Å². The van der Waals surface area contributed by atoms with Crippen molar-refractivity contribution in [3.63, 3.8) is 0 Å². The topological polar surface area (TPSA) is 21.3 Å². The highest BCUT2D eigenvalue weighted by atomic mass is 16.5. The minimum atomic E-state index is -0.0324. The molecule has 2 nitrogen and oxygen atoms in total.